The number of nitrogens with zero attached hydrogens (tertiary/aromatic N) is 1. The molecule has 1 aliphatic heterocycles. The summed E-state index contributed by atoms with van der Waals surface area (Å²) in [6.07, 6.45) is 3.45. The molecule has 0 saturated heterocycles. The van der Waals surface area contributed by atoms with Crippen LogP contribution in [0.15, 0.2) is 54.6 Å². The number of carbonyl (C=O) groups is 8. The fourth-order valence-corrected chi connectivity index (χ4v) is 9.16. The summed E-state index contributed by atoms with van der Waals surface area (Å²) in [5.41, 5.74) is 0.376. The summed E-state index contributed by atoms with van der Waals surface area (Å²) in [6, 6.07) is 8.38. The van der Waals surface area contributed by atoms with E-state index < -0.39 is 106 Å². The average molecular weight is 1200 g/mol. The highest BCUT2D eigenvalue weighted by Gasteiger charge is 2.37. The van der Waals surface area contributed by atoms with Crippen LogP contribution in [0.1, 0.15) is 153 Å². The van der Waals surface area contributed by atoms with E-state index in [0.29, 0.717) is 11.1 Å². The lowest BCUT2D eigenvalue weighted by molar-refractivity contribution is -0.141. The number of unbranched alkanes of at least 4 members (excludes halogenated alkanes) is 4. The quantitative estimate of drug-likeness (QED) is 0.0280. The van der Waals surface area contributed by atoms with Crippen LogP contribution in [0.2, 0.25) is 0 Å². The number of fused-ring (bicyclic) bond motifs is 5. The number of ether oxygens (including phenoxy) is 5. The first-order valence-electron chi connectivity index (χ1n) is 28.1. The van der Waals surface area contributed by atoms with Gasteiger partial charge in [0.2, 0.25) is 17.7 Å². The molecule has 0 aliphatic carbocycles. The summed E-state index contributed by atoms with van der Waals surface area (Å²) >= 11 is 0. The Morgan fingerprint density at radius 3 is 1.77 bits per heavy atom. The zero-order chi connectivity index (χ0) is 62.7. The predicted octanol–water partition coefficient (Wildman–Crippen LogP) is 6.66. The average Bonchev–Trinajstić information content (AvgIpc) is 3.24. The van der Waals surface area contributed by atoms with Gasteiger partial charge in [-0.05, 0) is 148 Å². The minimum atomic E-state index is -5.15. The summed E-state index contributed by atoms with van der Waals surface area (Å²) in [5, 5.41) is 15.8. The van der Waals surface area contributed by atoms with E-state index in [-0.39, 0.29) is 73.0 Å². The van der Waals surface area contributed by atoms with Crippen LogP contribution in [0.4, 0.5) is 14.4 Å². The fourth-order valence-electron chi connectivity index (χ4n) is 8.77. The van der Waals surface area contributed by atoms with E-state index in [1.807, 2.05) is 12.1 Å². The molecule has 4 atom stereocenters. The van der Waals surface area contributed by atoms with Gasteiger partial charge in [-0.25, -0.2) is 19.1 Å². The van der Waals surface area contributed by atoms with Crippen molar-refractivity contribution in [1.29, 1.82) is 0 Å². The Labute approximate surface area is 493 Å². The maximum atomic E-state index is 15.3. The number of carbonyl (C=O) groups excluding carboxylic acids is 8. The Morgan fingerprint density at radius 2 is 1.24 bits per heavy atom. The van der Waals surface area contributed by atoms with Crippen LogP contribution in [0.5, 0.6) is 11.5 Å². The van der Waals surface area contributed by atoms with Crippen molar-refractivity contribution in [2.24, 2.45) is 0 Å². The third kappa shape index (κ3) is 23.5. The van der Waals surface area contributed by atoms with E-state index in [2.05, 4.69) is 38.8 Å². The number of rotatable bonds is 23. The van der Waals surface area contributed by atoms with Gasteiger partial charge in [0.1, 0.15) is 65.7 Å². The molecule has 8 amide bonds. The molecule has 25 heteroatoms. The van der Waals surface area contributed by atoms with E-state index >= 15 is 9.59 Å². The maximum Gasteiger partial charge on any atom is 0.407 e. The first-order chi connectivity index (χ1) is 39.1. The van der Waals surface area contributed by atoms with Crippen LogP contribution in [0, 0.1) is 6.92 Å². The lowest BCUT2D eigenvalue weighted by atomic mass is 9.93. The summed E-state index contributed by atoms with van der Waals surface area (Å²) in [6.45, 7) is 19.9. The molecule has 0 saturated carbocycles. The van der Waals surface area contributed by atoms with Crippen LogP contribution in [-0.2, 0) is 56.5 Å². The second kappa shape index (κ2) is 30.8. The predicted molar refractivity (Wildman–Crippen MR) is 314 cm³/mol. The molecule has 0 unspecified atom stereocenters. The molecule has 3 aromatic carbocycles. The summed E-state index contributed by atoms with van der Waals surface area (Å²) in [7, 11) is -3.83. The molecule has 4 rings (SSSR count). The van der Waals surface area contributed by atoms with Crippen molar-refractivity contribution in [3.8, 4) is 22.6 Å². The van der Waals surface area contributed by atoms with Crippen molar-refractivity contribution in [2.45, 2.75) is 175 Å². The van der Waals surface area contributed by atoms with E-state index in [1.54, 1.807) is 81.4 Å². The minimum absolute atomic E-state index is 0.0534. The Bertz CT molecular complexity index is 2930. The van der Waals surface area contributed by atoms with E-state index in [9.17, 15) is 41.7 Å². The van der Waals surface area contributed by atoms with Gasteiger partial charge < -0.3 is 60.5 Å². The molecule has 84 heavy (non-hydrogen) atoms. The Hall–Kier alpha value is -7.67. The van der Waals surface area contributed by atoms with Crippen molar-refractivity contribution in [3.63, 3.8) is 0 Å². The molecular formula is C59H86N8O16S. The van der Waals surface area contributed by atoms with Gasteiger partial charge in [0.05, 0.1) is 13.1 Å². The van der Waals surface area contributed by atoms with Crippen LogP contribution in [0.3, 0.4) is 0 Å². The van der Waals surface area contributed by atoms with Crippen molar-refractivity contribution >= 4 is 58.1 Å². The van der Waals surface area contributed by atoms with Crippen molar-refractivity contribution in [3.05, 3.63) is 82.4 Å². The van der Waals surface area contributed by atoms with Crippen LogP contribution >= 0.6 is 0 Å². The third-order valence-corrected chi connectivity index (χ3v) is 13.0. The highest BCUT2D eigenvalue weighted by atomic mass is 32.2. The molecule has 8 N–H and O–H groups in total. The Kier molecular flexibility index (Phi) is 25.2. The molecule has 0 fully saturated rings. The number of hydrogen-bond donors (Lipinski definition) is 8. The SMILES string of the molecule is CCCCCCCc1ccc(C(=O)N[C@@H](CCNC(=O)OC(C)(C)C)C(=O)N(C)[C@@H]2C(=O)N[C@@H](C)C(=O)N[C@H](C(=O)NS(=O)(=O)O)Cc3ccc(OCCNC(=O)OC(C)(C)C)c(c3)-c3cc2ccc3OCCNC(=O)OC(C)(C)C)c(C)c1. The largest absolute Gasteiger partial charge is 0.491 e. The van der Waals surface area contributed by atoms with E-state index in [1.165, 1.54) is 49.0 Å². The molecule has 0 radical (unpaired) electrons. The van der Waals surface area contributed by atoms with Crippen LogP contribution in [-0.4, -0.2) is 141 Å². The first-order valence-corrected chi connectivity index (χ1v) is 29.6. The second-order valence-electron chi connectivity index (χ2n) is 23.5. The number of nitrogens with one attached hydrogen (secondary N) is 7. The third-order valence-electron chi connectivity index (χ3n) is 12.6. The second-order valence-corrected chi connectivity index (χ2v) is 24.6. The summed E-state index contributed by atoms with van der Waals surface area (Å²) in [4.78, 5) is 111. The molecule has 0 aromatic heterocycles. The monoisotopic (exact) mass is 1190 g/mol. The van der Waals surface area contributed by atoms with Gasteiger partial charge >= 0.3 is 28.6 Å². The van der Waals surface area contributed by atoms with Gasteiger partial charge in [0.15, 0.2) is 0 Å². The number of benzene rings is 3. The van der Waals surface area contributed by atoms with Gasteiger partial charge in [-0.1, -0.05) is 56.9 Å². The minimum Gasteiger partial charge on any atom is -0.491 e. The zero-order valence-corrected chi connectivity index (χ0v) is 51.4. The fraction of sp³-hybridized carbons (Fsp3) is 0.559. The summed E-state index contributed by atoms with van der Waals surface area (Å²) < 4.78 is 63.8. The van der Waals surface area contributed by atoms with Crippen molar-refractivity contribution in [1.82, 2.24) is 41.5 Å². The van der Waals surface area contributed by atoms with Gasteiger partial charge in [0.25, 0.3) is 11.8 Å². The zero-order valence-electron chi connectivity index (χ0n) is 50.6. The van der Waals surface area contributed by atoms with Crippen molar-refractivity contribution in [2.75, 3.05) is 39.9 Å². The molecule has 4 bridgehead atoms. The smallest absolute Gasteiger partial charge is 0.407 e. The highest BCUT2D eigenvalue weighted by Crippen LogP contribution is 2.40. The maximum absolute atomic E-state index is 15.3. The van der Waals surface area contributed by atoms with Gasteiger partial charge in [0, 0.05) is 36.7 Å². The molecular weight excluding hydrogens is 1110 g/mol. The number of hydrogen-bond acceptors (Lipinski definition) is 15. The first kappa shape index (κ1) is 68.8. The number of alkyl carbamates (subject to hydrolysis) is 3. The van der Waals surface area contributed by atoms with E-state index in [0.717, 1.165) is 49.0 Å². The molecule has 24 nitrogen and oxygen atoms in total. The Balaban J connectivity index is 1.92. The molecule has 1 heterocycles. The number of aryl methyl sites for hydroxylation is 2. The van der Waals surface area contributed by atoms with Gasteiger partial charge in [-0.2, -0.15) is 8.42 Å². The summed E-state index contributed by atoms with van der Waals surface area (Å²) in [5.74, 6) is -4.39. The van der Waals surface area contributed by atoms with E-state index in [4.69, 9.17) is 23.7 Å². The topological polar surface area (TPSA) is 325 Å². The van der Waals surface area contributed by atoms with Gasteiger partial charge in [-0.15, -0.1) is 0 Å². The highest BCUT2D eigenvalue weighted by molar-refractivity contribution is 7.84. The van der Waals surface area contributed by atoms with Gasteiger partial charge in [-0.3, -0.25) is 28.5 Å². The number of amides is 8. The number of likely N-dealkylation sites (N-methyl/N-ethyl adjacent to an activating group) is 1. The van der Waals surface area contributed by atoms with Crippen LogP contribution in [0.25, 0.3) is 11.1 Å². The Morgan fingerprint density at radius 1 is 0.702 bits per heavy atom. The van der Waals surface area contributed by atoms with Crippen LogP contribution < -0.4 is 46.1 Å². The lowest BCUT2D eigenvalue weighted by Gasteiger charge is -2.33. The molecule has 3 aromatic rings. The molecule has 0 spiro atoms. The molecule has 1 aliphatic rings. The van der Waals surface area contributed by atoms with Crippen molar-refractivity contribution < 1.29 is 75.0 Å². The standard InChI is InChI=1S/C59H86N8O16S/c1-14-15-16-17-18-19-38-20-23-41(36(2)32-38)50(69)64-44(26-27-60-54(73)81-57(4,5)6)53(72)67(13)48-40-22-25-47(80-31-29-62-56(75)83-59(10,11)12)43(35-40)42-33-39(21-24-46(42)79-30-28-61-55(74)82-58(7,8)9)34-45(51(70)66-84(76,77)78)65-49(68)37(3)63-52(48)71/h20-25,32-33,35,37,44-45,48H,14-19,26-31,34H2,1-13H3,(H,60,73)(H,61,74)(H,62,75)(H,63,71)(H,64,69)(H,65,68)(H,66,70)(H,76,77,78)/t37-,44-,45-,48-/m0/s1. The normalized spacial score (nSPS) is 16.0. The molecule has 464 valence electrons. The lowest BCUT2D eigenvalue weighted by Crippen LogP contribution is -2.56.